The average Bonchev–Trinajstić information content (AvgIpc) is 2.21. The Labute approximate surface area is 103 Å². The normalized spacial score (nSPS) is 8.00. The van der Waals surface area contributed by atoms with Crippen LogP contribution in [0.3, 0.4) is 0 Å². The van der Waals surface area contributed by atoms with Crippen LogP contribution in [-0.2, 0) is 17.4 Å². The minimum Gasteiger partial charge on any atom is -0.199 e. The van der Waals surface area contributed by atoms with E-state index in [2.05, 4.69) is 13.8 Å². The second-order valence-electron chi connectivity index (χ2n) is 2.97. The SMILES string of the molecule is [CH2-]c1ccccc1.[CH2-]c1ccccc1.[Cr+2]. The molecule has 1 heteroatoms. The molecule has 0 saturated heterocycles. The quantitative estimate of drug-likeness (QED) is 0.609. The fraction of sp³-hybridized carbons (Fsp3) is 0. The molecule has 0 aliphatic rings. The summed E-state index contributed by atoms with van der Waals surface area (Å²) in [6.45, 7) is 7.44. The maximum absolute atomic E-state index is 3.72. The first kappa shape index (κ1) is 13.7. The van der Waals surface area contributed by atoms with Gasteiger partial charge in [-0.05, 0) is 0 Å². The van der Waals surface area contributed by atoms with E-state index in [1.807, 2.05) is 60.7 Å². The van der Waals surface area contributed by atoms with Crippen molar-refractivity contribution in [1.82, 2.24) is 0 Å². The van der Waals surface area contributed by atoms with Gasteiger partial charge >= 0.3 is 17.4 Å². The molecule has 0 nitrogen and oxygen atoms in total. The molecule has 0 heterocycles. The third-order valence-corrected chi connectivity index (χ3v) is 1.69. The van der Waals surface area contributed by atoms with Gasteiger partial charge in [-0.1, -0.05) is 12.1 Å². The molecule has 0 N–H and O–H groups in total. The van der Waals surface area contributed by atoms with E-state index < -0.39 is 0 Å². The second-order valence-corrected chi connectivity index (χ2v) is 2.97. The molecule has 15 heavy (non-hydrogen) atoms. The number of hydrogen-bond acceptors (Lipinski definition) is 0. The molecule has 0 saturated carbocycles. The summed E-state index contributed by atoms with van der Waals surface area (Å²) < 4.78 is 0. The van der Waals surface area contributed by atoms with Crippen LogP contribution in [0.2, 0.25) is 0 Å². The van der Waals surface area contributed by atoms with Crippen LogP contribution >= 0.6 is 0 Å². The van der Waals surface area contributed by atoms with Gasteiger partial charge in [-0.3, -0.25) is 0 Å². The minimum absolute atomic E-state index is 0. The first-order chi connectivity index (χ1) is 6.79. The molecule has 0 spiro atoms. The predicted molar refractivity (Wildman–Crippen MR) is 61.8 cm³/mol. The van der Waals surface area contributed by atoms with Gasteiger partial charge in [0.1, 0.15) is 0 Å². The first-order valence-electron chi connectivity index (χ1n) is 4.53. The Hall–Kier alpha value is -1.29. The second kappa shape index (κ2) is 8.06. The van der Waals surface area contributed by atoms with E-state index in [1.54, 1.807) is 0 Å². The molecular weight excluding hydrogens is 220 g/mol. The topological polar surface area (TPSA) is 0 Å². The molecule has 76 valence electrons. The van der Waals surface area contributed by atoms with E-state index in [-0.39, 0.29) is 17.4 Å². The zero-order chi connectivity index (χ0) is 10.2. The number of benzene rings is 2. The summed E-state index contributed by atoms with van der Waals surface area (Å²) in [5.41, 5.74) is 2.14. The summed E-state index contributed by atoms with van der Waals surface area (Å²) >= 11 is 0. The van der Waals surface area contributed by atoms with E-state index in [9.17, 15) is 0 Å². The molecular formula is C14H14Cr. The van der Waals surface area contributed by atoms with Crippen molar-refractivity contribution in [1.29, 1.82) is 0 Å². The maximum atomic E-state index is 3.72. The summed E-state index contributed by atoms with van der Waals surface area (Å²) in [7, 11) is 0. The summed E-state index contributed by atoms with van der Waals surface area (Å²) in [5.74, 6) is 0. The van der Waals surface area contributed by atoms with Crippen molar-refractivity contribution in [2.45, 2.75) is 0 Å². The van der Waals surface area contributed by atoms with Crippen molar-refractivity contribution < 1.29 is 17.4 Å². The van der Waals surface area contributed by atoms with Crippen LogP contribution in [0.4, 0.5) is 0 Å². The first-order valence-corrected chi connectivity index (χ1v) is 4.53. The fourth-order valence-electron chi connectivity index (χ4n) is 0.956. The van der Waals surface area contributed by atoms with Crippen LogP contribution in [0.15, 0.2) is 60.7 Å². The third kappa shape index (κ3) is 6.74. The molecule has 0 bridgehead atoms. The van der Waals surface area contributed by atoms with E-state index in [1.165, 1.54) is 0 Å². The Bertz CT molecular complexity index is 303. The third-order valence-electron chi connectivity index (χ3n) is 1.69. The summed E-state index contributed by atoms with van der Waals surface area (Å²) in [6, 6.07) is 19.7. The van der Waals surface area contributed by atoms with E-state index in [4.69, 9.17) is 0 Å². The van der Waals surface area contributed by atoms with Gasteiger partial charge in [0.2, 0.25) is 0 Å². The van der Waals surface area contributed by atoms with Crippen molar-refractivity contribution >= 4 is 0 Å². The molecule has 0 fully saturated rings. The van der Waals surface area contributed by atoms with Crippen LogP contribution in [0, 0.1) is 13.8 Å². The Balaban J connectivity index is 0.000000245. The van der Waals surface area contributed by atoms with Crippen LogP contribution in [0.1, 0.15) is 11.1 Å². The van der Waals surface area contributed by atoms with Gasteiger partial charge in [0, 0.05) is 0 Å². The molecule has 0 atom stereocenters. The molecule has 2 aromatic rings. The van der Waals surface area contributed by atoms with Crippen molar-refractivity contribution in [3.63, 3.8) is 0 Å². The van der Waals surface area contributed by atoms with E-state index in [0.717, 1.165) is 11.1 Å². The van der Waals surface area contributed by atoms with Crippen molar-refractivity contribution in [3.8, 4) is 0 Å². The molecule has 2 rings (SSSR count). The largest absolute Gasteiger partial charge is 2.00 e. The summed E-state index contributed by atoms with van der Waals surface area (Å²) in [5, 5.41) is 0. The van der Waals surface area contributed by atoms with Gasteiger partial charge < -0.3 is 0 Å². The van der Waals surface area contributed by atoms with Gasteiger partial charge in [-0.15, -0.1) is 24.3 Å². The van der Waals surface area contributed by atoms with E-state index >= 15 is 0 Å². The van der Waals surface area contributed by atoms with Crippen LogP contribution < -0.4 is 0 Å². The zero-order valence-electron chi connectivity index (χ0n) is 8.60. The fourth-order valence-corrected chi connectivity index (χ4v) is 0.956. The maximum Gasteiger partial charge on any atom is 2.00 e. The smallest absolute Gasteiger partial charge is 0.199 e. The monoisotopic (exact) mass is 234 g/mol. The zero-order valence-corrected chi connectivity index (χ0v) is 9.87. The minimum atomic E-state index is 0. The van der Waals surface area contributed by atoms with Gasteiger partial charge in [-0.2, -0.15) is 49.2 Å². The number of hydrogen-bond donors (Lipinski definition) is 0. The Morgan fingerprint density at radius 2 is 0.800 bits per heavy atom. The molecule has 0 radical (unpaired) electrons. The standard InChI is InChI=1S/2C7H7.Cr/c2*1-7-5-3-2-4-6-7;/h2*2-6H,1H2;/q2*-1;+2. The van der Waals surface area contributed by atoms with Gasteiger partial charge in [-0.25, -0.2) is 0 Å². The molecule has 2 aromatic carbocycles. The van der Waals surface area contributed by atoms with Crippen molar-refractivity contribution in [3.05, 3.63) is 85.6 Å². The Morgan fingerprint density at radius 3 is 0.933 bits per heavy atom. The Kier molecular flexibility index (Phi) is 7.37. The van der Waals surface area contributed by atoms with Crippen LogP contribution in [0.5, 0.6) is 0 Å². The number of rotatable bonds is 0. The van der Waals surface area contributed by atoms with Crippen LogP contribution in [-0.4, -0.2) is 0 Å². The predicted octanol–water partition coefficient (Wildman–Crippen LogP) is 3.74. The molecule has 0 aromatic heterocycles. The molecule has 0 aliphatic heterocycles. The van der Waals surface area contributed by atoms with Gasteiger partial charge in [0.25, 0.3) is 0 Å². The summed E-state index contributed by atoms with van der Waals surface area (Å²) in [6.07, 6.45) is 0. The average molecular weight is 234 g/mol. The Morgan fingerprint density at radius 1 is 0.533 bits per heavy atom. The van der Waals surface area contributed by atoms with Gasteiger partial charge in [0.05, 0.1) is 0 Å². The molecule has 0 unspecified atom stereocenters. The summed E-state index contributed by atoms with van der Waals surface area (Å²) in [4.78, 5) is 0. The van der Waals surface area contributed by atoms with Crippen molar-refractivity contribution in [2.24, 2.45) is 0 Å². The van der Waals surface area contributed by atoms with Gasteiger partial charge in [0.15, 0.2) is 0 Å². The molecule has 0 amide bonds. The van der Waals surface area contributed by atoms with Crippen LogP contribution in [0.25, 0.3) is 0 Å². The van der Waals surface area contributed by atoms with E-state index in [0.29, 0.717) is 0 Å². The van der Waals surface area contributed by atoms with Crippen molar-refractivity contribution in [2.75, 3.05) is 0 Å². The molecule has 0 aliphatic carbocycles.